The van der Waals surface area contributed by atoms with E-state index >= 15 is 0 Å². The molecule has 0 bridgehead atoms. The molecule has 0 aromatic carbocycles. The van der Waals surface area contributed by atoms with E-state index in [1.807, 2.05) is 0 Å². The SMILES string of the molecule is O=[P+](O)OP(=O)(O)CC=CNc1ccncc1. The van der Waals surface area contributed by atoms with Crippen molar-refractivity contribution in [3.05, 3.63) is 36.8 Å². The Morgan fingerprint density at radius 1 is 1.53 bits per heavy atom. The molecule has 0 radical (unpaired) electrons. The molecule has 0 aliphatic heterocycles. The van der Waals surface area contributed by atoms with Crippen molar-refractivity contribution in [1.82, 2.24) is 4.98 Å². The Morgan fingerprint density at radius 2 is 2.18 bits per heavy atom. The molecule has 1 aromatic heterocycles. The van der Waals surface area contributed by atoms with Crippen molar-refractivity contribution in [2.45, 2.75) is 0 Å². The molecule has 1 aromatic rings. The van der Waals surface area contributed by atoms with Gasteiger partial charge < -0.3 is 10.2 Å². The van der Waals surface area contributed by atoms with Crippen LogP contribution in [-0.4, -0.2) is 20.9 Å². The van der Waals surface area contributed by atoms with Gasteiger partial charge in [-0.15, -0.1) is 4.89 Å². The van der Waals surface area contributed by atoms with Crippen LogP contribution < -0.4 is 5.32 Å². The minimum Gasteiger partial charge on any atom is -0.362 e. The Kier molecular flexibility index (Phi) is 5.41. The van der Waals surface area contributed by atoms with Crippen LogP contribution in [0, 0.1) is 0 Å². The molecule has 2 atom stereocenters. The van der Waals surface area contributed by atoms with Gasteiger partial charge in [-0.3, -0.25) is 9.55 Å². The van der Waals surface area contributed by atoms with E-state index in [1.54, 1.807) is 24.5 Å². The summed E-state index contributed by atoms with van der Waals surface area (Å²) in [5.41, 5.74) is 0.762. The third-order valence-electron chi connectivity index (χ3n) is 1.58. The van der Waals surface area contributed by atoms with Gasteiger partial charge in [0, 0.05) is 22.6 Å². The van der Waals surface area contributed by atoms with Crippen molar-refractivity contribution in [3.8, 4) is 0 Å². The quantitative estimate of drug-likeness (QED) is 0.681. The lowest BCUT2D eigenvalue weighted by Gasteiger charge is -2.00. The zero-order chi connectivity index (χ0) is 12.7. The number of allylic oxidation sites excluding steroid dienone is 1. The van der Waals surface area contributed by atoms with Crippen LogP contribution in [0.5, 0.6) is 0 Å². The Bertz CT molecular complexity index is 450. The Labute approximate surface area is 98.6 Å². The second-order valence-corrected chi connectivity index (χ2v) is 5.69. The normalized spacial score (nSPS) is 15.5. The summed E-state index contributed by atoms with van der Waals surface area (Å²) in [4.78, 5) is 21.2. The minimum absolute atomic E-state index is 0.354. The summed E-state index contributed by atoms with van der Waals surface area (Å²) in [6.45, 7) is 0. The topological polar surface area (TPSA) is 109 Å². The van der Waals surface area contributed by atoms with E-state index in [0.717, 1.165) is 5.69 Å². The van der Waals surface area contributed by atoms with E-state index in [2.05, 4.69) is 14.6 Å². The summed E-state index contributed by atoms with van der Waals surface area (Å²) in [7, 11) is -7.12. The summed E-state index contributed by atoms with van der Waals surface area (Å²) in [5.74, 6) is 0. The van der Waals surface area contributed by atoms with Gasteiger partial charge in [0.2, 0.25) is 0 Å². The van der Waals surface area contributed by atoms with E-state index in [0.29, 0.717) is 0 Å². The second kappa shape index (κ2) is 6.59. The standard InChI is InChI=1S/C8H10N2O5P2/c11-16(12)15-17(13,14)7-1-4-10-8-2-5-9-6-3-8/h1-6H,7H2,(H2-,9,10,11,12,13,14)/p+1. The minimum atomic E-state index is -4.04. The molecule has 3 N–H and O–H groups in total. The van der Waals surface area contributed by atoms with Crippen LogP contribution in [0.4, 0.5) is 5.69 Å². The third kappa shape index (κ3) is 6.26. The highest BCUT2D eigenvalue weighted by atomic mass is 31.2. The van der Waals surface area contributed by atoms with E-state index in [1.165, 1.54) is 12.3 Å². The van der Waals surface area contributed by atoms with Gasteiger partial charge in [-0.1, -0.05) is 6.08 Å². The van der Waals surface area contributed by atoms with E-state index in [9.17, 15) is 9.13 Å². The van der Waals surface area contributed by atoms with Crippen LogP contribution in [0.15, 0.2) is 36.8 Å². The van der Waals surface area contributed by atoms with Gasteiger partial charge in [-0.2, -0.15) is 0 Å². The lowest BCUT2D eigenvalue weighted by Crippen LogP contribution is -1.90. The maximum Gasteiger partial charge on any atom is 0.703 e. The fourth-order valence-electron chi connectivity index (χ4n) is 0.932. The van der Waals surface area contributed by atoms with Gasteiger partial charge in [0.15, 0.2) is 0 Å². The number of hydrogen-bond donors (Lipinski definition) is 3. The maximum absolute atomic E-state index is 11.1. The van der Waals surface area contributed by atoms with Gasteiger partial charge in [0.05, 0.1) is 6.16 Å². The van der Waals surface area contributed by atoms with Crippen LogP contribution in [-0.2, 0) is 13.4 Å². The highest BCUT2D eigenvalue weighted by Gasteiger charge is 2.31. The van der Waals surface area contributed by atoms with Gasteiger partial charge in [-0.25, -0.2) is 0 Å². The molecule has 2 unspecified atom stereocenters. The van der Waals surface area contributed by atoms with Gasteiger partial charge in [-0.05, 0) is 22.6 Å². The molecule has 0 aliphatic rings. The smallest absolute Gasteiger partial charge is 0.362 e. The predicted molar refractivity (Wildman–Crippen MR) is 62.6 cm³/mol. The monoisotopic (exact) mass is 277 g/mol. The molecule has 0 saturated carbocycles. The molecule has 7 nitrogen and oxygen atoms in total. The molecule has 0 fully saturated rings. The molecule has 0 saturated heterocycles. The van der Waals surface area contributed by atoms with Crippen LogP contribution in [0.3, 0.4) is 0 Å². The van der Waals surface area contributed by atoms with Crippen LogP contribution in [0.1, 0.15) is 0 Å². The average Bonchev–Trinajstić information content (AvgIpc) is 2.24. The second-order valence-electron chi connectivity index (χ2n) is 2.92. The highest BCUT2D eigenvalue weighted by molar-refractivity contribution is 7.59. The molecule has 0 aliphatic carbocycles. The number of pyridine rings is 1. The zero-order valence-electron chi connectivity index (χ0n) is 8.63. The average molecular weight is 277 g/mol. The fourth-order valence-corrected chi connectivity index (χ4v) is 2.44. The summed E-state index contributed by atoms with van der Waals surface area (Å²) >= 11 is 0. The third-order valence-corrected chi connectivity index (χ3v) is 3.83. The highest BCUT2D eigenvalue weighted by Crippen LogP contribution is 2.49. The number of nitrogens with one attached hydrogen (secondary N) is 1. The Morgan fingerprint density at radius 3 is 2.76 bits per heavy atom. The van der Waals surface area contributed by atoms with E-state index < -0.39 is 15.9 Å². The van der Waals surface area contributed by atoms with Gasteiger partial charge in [0.25, 0.3) is 0 Å². The first-order valence-electron chi connectivity index (χ1n) is 4.49. The summed E-state index contributed by atoms with van der Waals surface area (Å²) < 4.78 is 25.3. The molecular weight excluding hydrogens is 266 g/mol. The molecule has 0 amide bonds. The van der Waals surface area contributed by atoms with Crippen LogP contribution in [0.2, 0.25) is 0 Å². The van der Waals surface area contributed by atoms with E-state index in [-0.39, 0.29) is 6.16 Å². The van der Waals surface area contributed by atoms with Crippen LogP contribution >= 0.6 is 15.9 Å². The zero-order valence-corrected chi connectivity index (χ0v) is 10.4. The van der Waals surface area contributed by atoms with E-state index in [4.69, 9.17) is 9.79 Å². The molecule has 1 rings (SSSR count). The molecule has 1 heterocycles. The van der Waals surface area contributed by atoms with Gasteiger partial charge in [0.1, 0.15) is 0 Å². The fraction of sp³-hybridized carbons (Fsp3) is 0.125. The molecule has 92 valence electrons. The van der Waals surface area contributed by atoms with Crippen molar-refractivity contribution in [3.63, 3.8) is 0 Å². The number of aromatic nitrogens is 1. The molecule has 0 spiro atoms. The lowest BCUT2D eigenvalue weighted by molar-refractivity contribution is 0.353. The van der Waals surface area contributed by atoms with Crippen molar-refractivity contribution >= 4 is 21.5 Å². The van der Waals surface area contributed by atoms with Crippen molar-refractivity contribution in [2.75, 3.05) is 11.5 Å². The lowest BCUT2D eigenvalue weighted by atomic mass is 10.4. The predicted octanol–water partition coefficient (Wildman–Crippen LogP) is 1.86. The maximum atomic E-state index is 11.1. The first kappa shape index (κ1) is 14.0. The first-order valence-corrected chi connectivity index (χ1v) is 7.38. The molecule has 9 heteroatoms. The largest absolute Gasteiger partial charge is 0.703 e. The van der Waals surface area contributed by atoms with Gasteiger partial charge >= 0.3 is 15.9 Å². The summed E-state index contributed by atoms with van der Waals surface area (Å²) in [6.07, 6.45) is 5.60. The Hall–Kier alpha value is -1.10. The number of hydrogen-bond acceptors (Lipinski definition) is 5. The van der Waals surface area contributed by atoms with Crippen molar-refractivity contribution in [1.29, 1.82) is 0 Å². The summed E-state index contributed by atoms with van der Waals surface area (Å²) in [6, 6.07) is 3.42. The summed E-state index contributed by atoms with van der Waals surface area (Å²) in [5, 5.41) is 2.83. The Balaban J connectivity index is 2.41. The number of nitrogens with zero attached hydrogens (tertiary/aromatic N) is 1. The molecular formula is C8H11N2O5P2+. The van der Waals surface area contributed by atoms with Crippen molar-refractivity contribution < 1.29 is 23.2 Å². The van der Waals surface area contributed by atoms with Crippen LogP contribution in [0.25, 0.3) is 0 Å². The van der Waals surface area contributed by atoms with Crippen molar-refractivity contribution in [2.24, 2.45) is 0 Å². The molecule has 17 heavy (non-hydrogen) atoms. The number of rotatable bonds is 6. The first-order chi connectivity index (χ1) is 7.99. The number of anilines is 1.